The van der Waals surface area contributed by atoms with Gasteiger partial charge in [-0.2, -0.15) is 10.2 Å². The molecule has 0 amide bonds. The second-order valence-electron chi connectivity index (χ2n) is 5.60. The van der Waals surface area contributed by atoms with Crippen LogP contribution in [0.5, 0.6) is 0 Å². The zero-order chi connectivity index (χ0) is 16.2. The van der Waals surface area contributed by atoms with E-state index in [4.69, 9.17) is 5.26 Å². The van der Waals surface area contributed by atoms with E-state index in [-0.39, 0.29) is 0 Å². The van der Waals surface area contributed by atoms with Crippen LogP contribution < -0.4 is 14.7 Å². The molecule has 7 nitrogen and oxygen atoms in total. The van der Waals surface area contributed by atoms with Crippen LogP contribution in [0.3, 0.4) is 0 Å². The van der Waals surface area contributed by atoms with Crippen molar-refractivity contribution in [1.29, 1.82) is 5.26 Å². The Labute approximate surface area is 135 Å². The Kier molecular flexibility index (Phi) is 4.24. The number of hydrogen-bond acceptors (Lipinski definition) is 7. The summed E-state index contributed by atoms with van der Waals surface area (Å²) in [5.74, 6) is 2.59. The van der Waals surface area contributed by atoms with Gasteiger partial charge in [0.25, 0.3) is 0 Å². The fourth-order valence-corrected chi connectivity index (χ4v) is 2.53. The van der Waals surface area contributed by atoms with E-state index >= 15 is 0 Å². The van der Waals surface area contributed by atoms with Crippen molar-refractivity contribution < 1.29 is 0 Å². The molecule has 2 aromatic heterocycles. The molecule has 23 heavy (non-hydrogen) atoms. The first kappa shape index (κ1) is 15.0. The molecular formula is C16H19N7. The topological polar surface area (TPSA) is 72.2 Å². The van der Waals surface area contributed by atoms with Gasteiger partial charge in [0, 0.05) is 52.7 Å². The van der Waals surface area contributed by atoms with Crippen LogP contribution in [0.4, 0.5) is 17.6 Å². The molecule has 1 fully saturated rings. The standard InChI is InChI=1S/C16H19N7/c1-21(2)16-18-6-5-15(20-16)23-9-7-22(8-10-23)14-4-3-13(11-17)12-19-14/h3-6,12H,7-10H2,1-2H3. The summed E-state index contributed by atoms with van der Waals surface area (Å²) in [7, 11) is 3.88. The van der Waals surface area contributed by atoms with Crippen LogP contribution in [0.1, 0.15) is 5.56 Å². The average molecular weight is 309 g/mol. The molecule has 3 heterocycles. The monoisotopic (exact) mass is 309 g/mol. The number of piperazine rings is 1. The number of nitrogens with zero attached hydrogens (tertiary/aromatic N) is 7. The van der Waals surface area contributed by atoms with Crippen LogP contribution in [0.15, 0.2) is 30.6 Å². The predicted molar refractivity (Wildman–Crippen MR) is 89.7 cm³/mol. The maximum Gasteiger partial charge on any atom is 0.226 e. The third-order valence-corrected chi connectivity index (χ3v) is 3.83. The Morgan fingerprint density at radius 3 is 2.26 bits per heavy atom. The minimum Gasteiger partial charge on any atom is -0.353 e. The lowest BCUT2D eigenvalue weighted by molar-refractivity contribution is 0.641. The molecule has 1 saturated heterocycles. The van der Waals surface area contributed by atoms with E-state index in [1.807, 2.05) is 37.2 Å². The fraction of sp³-hybridized carbons (Fsp3) is 0.375. The highest BCUT2D eigenvalue weighted by Gasteiger charge is 2.19. The first-order valence-electron chi connectivity index (χ1n) is 7.54. The molecule has 3 rings (SSSR count). The van der Waals surface area contributed by atoms with Crippen molar-refractivity contribution in [2.45, 2.75) is 0 Å². The molecule has 1 aliphatic heterocycles. The Morgan fingerprint density at radius 1 is 1.00 bits per heavy atom. The predicted octanol–water partition coefficient (Wildman–Crippen LogP) is 1.14. The summed E-state index contributed by atoms with van der Waals surface area (Å²) in [4.78, 5) is 19.6. The van der Waals surface area contributed by atoms with E-state index in [0.29, 0.717) is 5.56 Å². The minimum atomic E-state index is 0.588. The van der Waals surface area contributed by atoms with Crippen molar-refractivity contribution in [3.8, 4) is 6.07 Å². The average Bonchev–Trinajstić information content (AvgIpc) is 2.62. The summed E-state index contributed by atoms with van der Waals surface area (Å²) >= 11 is 0. The van der Waals surface area contributed by atoms with Gasteiger partial charge in [0.05, 0.1) is 5.56 Å². The van der Waals surface area contributed by atoms with Crippen molar-refractivity contribution in [3.05, 3.63) is 36.2 Å². The van der Waals surface area contributed by atoms with Crippen molar-refractivity contribution in [2.24, 2.45) is 0 Å². The molecule has 0 aromatic carbocycles. The van der Waals surface area contributed by atoms with E-state index < -0.39 is 0 Å². The SMILES string of the molecule is CN(C)c1nccc(N2CCN(c3ccc(C#N)cn3)CC2)n1. The van der Waals surface area contributed by atoms with Gasteiger partial charge in [-0.25, -0.2) is 9.97 Å². The quantitative estimate of drug-likeness (QED) is 0.841. The number of rotatable bonds is 3. The van der Waals surface area contributed by atoms with Crippen LogP contribution >= 0.6 is 0 Å². The zero-order valence-corrected chi connectivity index (χ0v) is 13.3. The first-order chi connectivity index (χ1) is 11.2. The van der Waals surface area contributed by atoms with Crippen molar-refractivity contribution in [3.63, 3.8) is 0 Å². The molecule has 0 radical (unpaired) electrons. The molecule has 118 valence electrons. The molecule has 2 aromatic rings. The van der Waals surface area contributed by atoms with Crippen LogP contribution in [0.25, 0.3) is 0 Å². The van der Waals surface area contributed by atoms with E-state index in [0.717, 1.165) is 43.8 Å². The van der Waals surface area contributed by atoms with Gasteiger partial charge in [0.2, 0.25) is 5.95 Å². The maximum atomic E-state index is 8.84. The summed E-state index contributed by atoms with van der Waals surface area (Å²) in [6, 6.07) is 7.75. The summed E-state index contributed by atoms with van der Waals surface area (Å²) in [6.07, 6.45) is 3.42. The number of hydrogen-bond donors (Lipinski definition) is 0. The summed E-state index contributed by atoms with van der Waals surface area (Å²) in [5.41, 5.74) is 0.588. The second kappa shape index (κ2) is 6.48. The summed E-state index contributed by atoms with van der Waals surface area (Å²) < 4.78 is 0. The van der Waals surface area contributed by atoms with Gasteiger partial charge in [-0.1, -0.05) is 0 Å². The fourth-order valence-electron chi connectivity index (χ4n) is 2.53. The van der Waals surface area contributed by atoms with Gasteiger partial charge in [0.1, 0.15) is 17.7 Å². The molecule has 0 aliphatic carbocycles. The Bertz CT molecular complexity index is 697. The lowest BCUT2D eigenvalue weighted by atomic mass is 10.2. The summed E-state index contributed by atoms with van der Waals surface area (Å²) in [6.45, 7) is 3.51. The lowest BCUT2D eigenvalue weighted by Gasteiger charge is -2.36. The highest BCUT2D eigenvalue weighted by Crippen LogP contribution is 2.18. The highest BCUT2D eigenvalue weighted by atomic mass is 15.3. The van der Waals surface area contributed by atoms with E-state index in [9.17, 15) is 0 Å². The highest BCUT2D eigenvalue weighted by molar-refractivity contribution is 5.47. The van der Waals surface area contributed by atoms with Gasteiger partial charge >= 0.3 is 0 Å². The molecule has 0 bridgehead atoms. The zero-order valence-electron chi connectivity index (χ0n) is 13.3. The smallest absolute Gasteiger partial charge is 0.226 e. The third-order valence-electron chi connectivity index (χ3n) is 3.83. The third kappa shape index (κ3) is 3.31. The molecule has 0 saturated carbocycles. The summed E-state index contributed by atoms with van der Waals surface area (Å²) in [5, 5.41) is 8.84. The van der Waals surface area contributed by atoms with Crippen LogP contribution in [0, 0.1) is 11.3 Å². The minimum absolute atomic E-state index is 0.588. The maximum absolute atomic E-state index is 8.84. The van der Waals surface area contributed by atoms with Gasteiger partial charge in [-0.3, -0.25) is 0 Å². The van der Waals surface area contributed by atoms with Gasteiger partial charge in [-0.15, -0.1) is 0 Å². The van der Waals surface area contributed by atoms with Crippen LogP contribution in [-0.4, -0.2) is 55.2 Å². The molecular weight excluding hydrogens is 290 g/mol. The van der Waals surface area contributed by atoms with Crippen molar-refractivity contribution in [1.82, 2.24) is 15.0 Å². The second-order valence-corrected chi connectivity index (χ2v) is 5.60. The normalized spacial score (nSPS) is 14.5. The number of anilines is 3. The molecule has 0 spiro atoms. The number of aromatic nitrogens is 3. The Balaban J connectivity index is 1.66. The molecule has 1 aliphatic rings. The molecule has 0 N–H and O–H groups in total. The van der Waals surface area contributed by atoms with Crippen LogP contribution in [0.2, 0.25) is 0 Å². The lowest BCUT2D eigenvalue weighted by Crippen LogP contribution is -2.47. The van der Waals surface area contributed by atoms with Crippen molar-refractivity contribution in [2.75, 3.05) is 55.0 Å². The Hall–Kier alpha value is -2.88. The molecule has 7 heteroatoms. The molecule has 0 atom stereocenters. The molecule has 0 unspecified atom stereocenters. The van der Waals surface area contributed by atoms with Crippen LogP contribution in [-0.2, 0) is 0 Å². The van der Waals surface area contributed by atoms with Gasteiger partial charge in [-0.05, 0) is 18.2 Å². The van der Waals surface area contributed by atoms with E-state index in [2.05, 4.69) is 30.8 Å². The van der Waals surface area contributed by atoms with E-state index in [1.54, 1.807) is 12.4 Å². The largest absolute Gasteiger partial charge is 0.353 e. The van der Waals surface area contributed by atoms with Gasteiger partial charge in [0.15, 0.2) is 0 Å². The number of pyridine rings is 1. The number of nitriles is 1. The van der Waals surface area contributed by atoms with E-state index in [1.165, 1.54) is 0 Å². The van der Waals surface area contributed by atoms with Crippen molar-refractivity contribution >= 4 is 17.6 Å². The Morgan fingerprint density at radius 2 is 1.70 bits per heavy atom. The van der Waals surface area contributed by atoms with Gasteiger partial charge < -0.3 is 14.7 Å². The first-order valence-corrected chi connectivity index (χ1v) is 7.54.